The number of hydrogen-bond donors (Lipinski definition) is 2. The van der Waals surface area contributed by atoms with Crippen LogP contribution in [0.5, 0.6) is 0 Å². The van der Waals surface area contributed by atoms with Gasteiger partial charge in [0.1, 0.15) is 0 Å². The first-order chi connectivity index (χ1) is 9.22. The van der Waals surface area contributed by atoms with E-state index in [1.54, 1.807) is 18.3 Å². The lowest BCUT2D eigenvalue weighted by molar-refractivity contribution is 0.0998. The smallest absolute Gasteiger partial charge is 0.250 e. The summed E-state index contributed by atoms with van der Waals surface area (Å²) in [5.41, 5.74) is 7.36. The molecule has 2 rings (SSSR count). The molecule has 1 heterocycles. The number of primary amides is 1. The number of nitrogens with zero attached hydrogens (tertiary/aromatic N) is 1. The highest BCUT2D eigenvalue weighted by molar-refractivity contribution is 5.94. The van der Waals surface area contributed by atoms with Crippen molar-refractivity contribution in [2.45, 2.75) is 12.3 Å². The van der Waals surface area contributed by atoms with E-state index in [1.807, 2.05) is 30.3 Å². The molecule has 19 heavy (non-hydrogen) atoms. The second-order valence-corrected chi connectivity index (χ2v) is 4.37. The molecule has 1 atom stereocenters. The highest BCUT2D eigenvalue weighted by atomic mass is 16.3. The van der Waals surface area contributed by atoms with Gasteiger partial charge in [-0.15, -0.1) is 0 Å². The number of hydrogen-bond acceptors (Lipinski definition) is 3. The molecule has 1 aromatic heterocycles. The van der Waals surface area contributed by atoms with Gasteiger partial charge in [-0.1, -0.05) is 30.3 Å². The average Bonchev–Trinajstić information content (AvgIpc) is 2.46. The number of nitrogens with two attached hydrogens (primary N) is 1. The van der Waals surface area contributed by atoms with Crippen LogP contribution in [0.3, 0.4) is 0 Å². The van der Waals surface area contributed by atoms with Crippen LogP contribution >= 0.6 is 0 Å². The summed E-state index contributed by atoms with van der Waals surface area (Å²) in [6, 6.07) is 13.1. The van der Waals surface area contributed by atoms with Crippen LogP contribution in [0.2, 0.25) is 0 Å². The molecular formula is C15H16N2O2. The summed E-state index contributed by atoms with van der Waals surface area (Å²) < 4.78 is 0. The zero-order valence-corrected chi connectivity index (χ0v) is 10.5. The molecule has 0 radical (unpaired) electrons. The van der Waals surface area contributed by atoms with E-state index in [1.165, 1.54) is 0 Å². The highest BCUT2D eigenvalue weighted by Crippen LogP contribution is 2.21. The number of aliphatic hydroxyl groups excluding tert-OH is 1. The molecule has 98 valence electrons. The fourth-order valence-electron chi connectivity index (χ4n) is 2.10. The molecule has 1 unspecified atom stereocenters. The van der Waals surface area contributed by atoms with E-state index < -0.39 is 5.91 Å². The van der Waals surface area contributed by atoms with Gasteiger partial charge in [-0.25, -0.2) is 0 Å². The van der Waals surface area contributed by atoms with Gasteiger partial charge in [0.2, 0.25) is 0 Å². The standard InChI is InChI=1S/C15H16N2O2/c16-15(19)13-7-4-8-17-14(13)12(10-18)9-11-5-2-1-3-6-11/h1-8,12,18H,9-10H2,(H2,16,19). The van der Waals surface area contributed by atoms with Crippen molar-refractivity contribution >= 4 is 5.91 Å². The van der Waals surface area contributed by atoms with Crippen molar-refractivity contribution in [1.82, 2.24) is 4.98 Å². The largest absolute Gasteiger partial charge is 0.396 e. The molecule has 0 saturated heterocycles. The summed E-state index contributed by atoms with van der Waals surface area (Å²) in [4.78, 5) is 15.6. The zero-order chi connectivity index (χ0) is 13.7. The molecule has 4 heteroatoms. The van der Waals surface area contributed by atoms with Gasteiger partial charge in [-0.3, -0.25) is 9.78 Å². The van der Waals surface area contributed by atoms with Crippen molar-refractivity contribution in [3.05, 3.63) is 65.5 Å². The minimum absolute atomic E-state index is 0.0772. The number of aromatic nitrogens is 1. The number of carbonyl (C=O) groups is 1. The Morgan fingerprint density at radius 2 is 1.95 bits per heavy atom. The second kappa shape index (κ2) is 6.11. The third-order valence-corrected chi connectivity index (χ3v) is 3.04. The molecule has 0 aliphatic heterocycles. The number of aliphatic hydroxyl groups is 1. The first-order valence-corrected chi connectivity index (χ1v) is 6.12. The quantitative estimate of drug-likeness (QED) is 0.851. The first-order valence-electron chi connectivity index (χ1n) is 6.12. The summed E-state index contributed by atoms with van der Waals surface area (Å²) in [7, 11) is 0. The molecule has 0 bridgehead atoms. The van der Waals surface area contributed by atoms with E-state index in [-0.39, 0.29) is 12.5 Å². The van der Waals surface area contributed by atoms with Crippen LogP contribution in [-0.2, 0) is 6.42 Å². The molecule has 3 N–H and O–H groups in total. The minimum atomic E-state index is -0.519. The lowest BCUT2D eigenvalue weighted by atomic mass is 9.93. The van der Waals surface area contributed by atoms with Crippen molar-refractivity contribution < 1.29 is 9.90 Å². The van der Waals surface area contributed by atoms with E-state index in [2.05, 4.69) is 4.98 Å². The summed E-state index contributed by atoms with van der Waals surface area (Å²) in [5, 5.41) is 9.55. The summed E-state index contributed by atoms with van der Waals surface area (Å²) in [5.74, 6) is -0.749. The zero-order valence-electron chi connectivity index (χ0n) is 10.5. The Bertz CT molecular complexity index is 555. The van der Waals surface area contributed by atoms with Crippen LogP contribution in [0.4, 0.5) is 0 Å². The number of pyridine rings is 1. The van der Waals surface area contributed by atoms with Crippen molar-refractivity contribution in [2.24, 2.45) is 5.73 Å². The van der Waals surface area contributed by atoms with Gasteiger partial charge < -0.3 is 10.8 Å². The third kappa shape index (κ3) is 3.17. The summed E-state index contributed by atoms with van der Waals surface area (Å²) >= 11 is 0. The fourth-order valence-corrected chi connectivity index (χ4v) is 2.10. The van der Waals surface area contributed by atoms with Crippen molar-refractivity contribution in [3.8, 4) is 0 Å². The van der Waals surface area contributed by atoms with Gasteiger partial charge in [0.05, 0.1) is 17.9 Å². The maximum absolute atomic E-state index is 11.4. The predicted molar refractivity (Wildman–Crippen MR) is 72.7 cm³/mol. The fraction of sp³-hybridized carbons (Fsp3) is 0.200. The third-order valence-electron chi connectivity index (χ3n) is 3.04. The van der Waals surface area contributed by atoms with E-state index >= 15 is 0 Å². The molecule has 1 amide bonds. The number of benzene rings is 1. The monoisotopic (exact) mass is 256 g/mol. The Kier molecular flexibility index (Phi) is 4.26. The Morgan fingerprint density at radius 3 is 2.58 bits per heavy atom. The molecule has 0 aliphatic carbocycles. The lowest BCUT2D eigenvalue weighted by Gasteiger charge is -2.16. The number of carbonyl (C=O) groups excluding carboxylic acids is 1. The molecular weight excluding hydrogens is 240 g/mol. The number of rotatable bonds is 5. The van der Waals surface area contributed by atoms with Crippen molar-refractivity contribution in [1.29, 1.82) is 0 Å². The van der Waals surface area contributed by atoms with E-state index in [0.717, 1.165) is 5.56 Å². The van der Waals surface area contributed by atoms with Crippen LogP contribution in [0.15, 0.2) is 48.7 Å². The Labute approximate surface area is 111 Å². The normalized spacial score (nSPS) is 12.1. The van der Waals surface area contributed by atoms with Crippen molar-refractivity contribution in [2.75, 3.05) is 6.61 Å². The van der Waals surface area contributed by atoms with Crippen LogP contribution in [0.1, 0.15) is 27.5 Å². The molecule has 4 nitrogen and oxygen atoms in total. The number of amides is 1. The van der Waals surface area contributed by atoms with Crippen LogP contribution in [0.25, 0.3) is 0 Å². The molecule has 1 aromatic carbocycles. The Hall–Kier alpha value is -2.20. The van der Waals surface area contributed by atoms with Gasteiger partial charge in [0, 0.05) is 12.1 Å². The Morgan fingerprint density at radius 1 is 1.21 bits per heavy atom. The van der Waals surface area contributed by atoms with E-state index in [4.69, 9.17) is 5.73 Å². The maximum Gasteiger partial charge on any atom is 0.250 e. The first kappa shape index (κ1) is 13.2. The predicted octanol–water partition coefficient (Wildman–Crippen LogP) is 1.50. The van der Waals surface area contributed by atoms with Crippen LogP contribution < -0.4 is 5.73 Å². The Balaban J connectivity index is 2.30. The van der Waals surface area contributed by atoms with Gasteiger partial charge in [-0.05, 0) is 24.1 Å². The van der Waals surface area contributed by atoms with Crippen LogP contribution in [-0.4, -0.2) is 22.6 Å². The molecule has 0 aliphatic rings. The SMILES string of the molecule is NC(=O)c1cccnc1C(CO)Cc1ccccc1. The summed E-state index contributed by atoms with van der Waals surface area (Å²) in [6.07, 6.45) is 2.23. The maximum atomic E-state index is 11.4. The molecule has 0 saturated carbocycles. The van der Waals surface area contributed by atoms with E-state index in [0.29, 0.717) is 17.7 Å². The topological polar surface area (TPSA) is 76.2 Å². The van der Waals surface area contributed by atoms with Crippen molar-refractivity contribution in [3.63, 3.8) is 0 Å². The van der Waals surface area contributed by atoms with Gasteiger partial charge in [0.15, 0.2) is 0 Å². The van der Waals surface area contributed by atoms with Gasteiger partial charge in [0.25, 0.3) is 5.91 Å². The summed E-state index contributed by atoms with van der Waals surface area (Å²) in [6.45, 7) is -0.0772. The highest BCUT2D eigenvalue weighted by Gasteiger charge is 2.19. The van der Waals surface area contributed by atoms with E-state index in [9.17, 15) is 9.90 Å². The average molecular weight is 256 g/mol. The molecule has 0 spiro atoms. The minimum Gasteiger partial charge on any atom is -0.396 e. The van der Waals surface area contributed by atoms with Crippen LogP contribution in [0, 0.1) is 0 Å². The lowest BCUT2D eigenvalue weighted by Crippen LogP contribution is -2.19. The van der Waals surface area contributed by atoms with Gasteiger partial charge in [-0.2, -0.15) is 0 Å². The molecule has 2 aromatic rings. The molecule has 0 fully saturated rings. The van der Waals surface area contributed by atoms with Gasteiger partial charge >= 0.3 is 0 Å². The second-order valence-electron chi connectivity index (χ2n) is 4.37.